The van der Waals surface area contributed by atoms with Crippen molar-refractivity contribution in [2.45, 2.75) is 68.6 Å². The van der Waals surface area contributed by atoms with Gasteiger partial charge in [0, 0.05) is 51.0 Å². The lowest BCUT2D eigenvalue weighted by Crippen LogP contribution is -2.57. The summed E-state index contributed by atoms with van der Waals surface area (Å²) >= 11 is 6.15. The van der Waals surface area contributed by atoms with Crippen LogP contribution in [0.25, 0.3) is 0 Å². The maximum Gasteiger partial charge on any atom is 0.245 e. The third-order valence-electron chi connectivity index (χ3n) is 8.92. The van der Waals surface area contributed by atoms with Crippen LogP contribution in [0.4, 0.5) is 0 Å². The molecule has 0 bridgehead atoms. The summed E-state index contributed by atoms with van der Waals surface area (Å²) in [5, 5.41) is 3.42. The molecule has 238 valence electrons. The van der Waals surface area contributed by atoms with Crippen LogP contribution < -0.4 is 15.8 Å². The van der Waals surface area contributed by atoms with E-state index in [9.17, 15) is 22.8 Å². The van der Waals surface area contributed by atoms with Gasteiger partial charge in [0.15, 0.2) is 0 Å². The van der Waals surface area contributed by atoms with Crippen molar-refractivity contribution >= 4 is 39.3 Å². The third-order valence-corrected chi connectivity index (χ3v) is 10.5. The van der Waals surface area contributed by atoms with Gasteiger partial charge in [0.2, 0.25) is 27.7 Å². The number of hydrogen-bond donors (Lipinski definition) is 3. The smallest absolute Gasteiger partial charge is 0.245 e. The largest absolute Gasteiger partial charge is 0.381 e. The Balaban J connectivity index is 1.36. The molecular formula is C31H40ClN5O6S. The average molecular weight is 646 g/mol. The molecule has 2 heterocycles. The number of sulfonamides is 1. The molecule has 4 N–H and O–H groups in total. The van der Waals surface area contributed by atoms with E-state index >= 15 is 0 Å². The fourth-order valence-electron chi connectivity index (χ4n) is 6.36. The first-order valence-electron chi connectivity index (χ1n) is 15.0. The summed E-state index contributed by atoms with van der Waals surface area (Å²) in [6, 6.07) is 13.1. The molecule has 0 spiro atoms. The summed E-state index contributed by atoms with van der Waals surface area (Å²) in [7, 11) is -2.33. The Hall–Kier alpha value is -3.03. The second kappa shape index (κ2) is 13.5. The molecule has 0 unspecified atom stereocenters. The number of nitrogens with zero attached hydrogens (tertiary/aromatic N) is 2. The number of carbonyl (C=O) groups excluding carboxylic acids is 3. The fourth-order valence-corrected chi connectivity index (χ4v) is 8.12. The first kappa shape index (κ1) is 32.4. The SMILES string of the molecule is CN(C(=O)[C@H]1C[C@@]1(NS(=O)(=O)Cc1ccccc1)C(=O)N1CCC[C@H]1C(=O)NCc1cc(Cl)ccc1CN)C1CCOCC1. The summed E-state index contributed by atoms with van der Waals surface area (Å²) in [5.41, 5.74) is 6.36. The van der Waals surface area contributed by atoms with Crippen molar-refractivity contribution in [1.82, 2.24) is 19.8 Å². The van der Waals surface area contributed by atoms with Crippen LogP contribution in [0, 0.1) is 5.92 Å². The van der Waals surface area contributed by atoms with E-state index in [2.05, 4.69) is 10.0 Å². The second-order valence-corrected chi connectivity index (χ2v) is 14.0. The van der Waals surface area contributed by atoms with Crippen molar-refractivity contribution in [2.24, 2.45) is 11.7 Å². The van der Waals surface area contributed by atoms with Crippen LogP contribution in [0.3, 0.4) is 0 Å². The summed E-state index contributed by atoms with van der Waals surface area (Å²) in [6.45, 7) is 1.80. The molecule has 3 amide bonds. The molecule has 3 atom stereocenters. The lowest BCUT2D eigenvalue weighted by molar-refractivity contribution is -0.143. The number of ether oxygens (including phenoxy) is 1. The highest BCUT2D eigenvalue weighted by Gasteiger charge is 2.68. The number of halogens is 1. The van der Waals surface area contributed by atoms with Crippen molar-refractivity contribution in [3.63, 3.8) is 0 Å². The van der Waals surface area contributed by atoms with E-state index in [1.165, 1.54) is 4.90 Å². The van der Waals surface area contributed by atoms with Gasteiger partial charge in [0.05, 0.1) is 11.7 Å². The van der Waals surface area contributed by atoms with Gasteiger partial charge in [-0.1, -0.05) is 48.0 Å². The van der Waals surface area contributed by atoms with Gasteiger partial charge >= 0.3 is 0 Å². The Morgan fingerprint density at radius 1 is 1.09 bits per heavy atom. The van der Waals surface area contributed by atoms with E-state index in [-0.39, 0.29) is 49.7 Å². The Bertz CT molecular complexity index is 1490. The van der Waals surface area contributed by atoms with Crippen LogP contribution in [0.2, 0.25) is 5.02 Å². The van der Waals surface area contributed by atoms with Crippen LogP contribution in [0.1, 0.15) is 48.8 Å². The first-order chi connectivity index (χ1) is 21.0. The minimum atomic E-state index is -4.03. The molecular weight excluding hydrogens is 606 g/mol. The van der Waals surface area contributed by atoms with E-state index < -0.39 is 33.4 Å². The molecule has 11 nitrogen and oxygen atoms in total. The van der Waals surface area contributed by atoms with Gasteiger partial charge < -0.3 is 25.6 Å². The molecule has 2 aromatic rings. The number of nitrogens with two attached hydrogens (primary N) is 1. The zero-order chi connectivity index (χ0) is 31.5. The zero-order valence-electron chi connectivity index (χ0n) is 24.8. The quantitative estimate of drug-likeness (QED) is 0.338. The molecule has 2 aromatic carbocycles. The predicted octanol–water partition coefficient (Wildman–Crippen LogP) is 1.92. The monoisotopic (exact) mass is 645 g/mol. The van der Waals surface area contributed by atoms with E-state index in [1.807, 2.05) is 6.07 Å². The molecule has 0 aromatic heterocycles. The molecule has 3 fully saturated rings. The highest BCUT2D eigenvalue weighted by Crippen LogP contribution is 2.48. The van der Waals surface area contributed by atoms with Gasteiger partial charge in [-0.15, -0.1) is 0 Å². The molecule has 44 heavy (non-hydrogen) atoms. The third kappa shape index (κ3) is 7.10. The predicted molar refractivity (Wildman–Crippen MR) is 166 cm³/mol. The summed E-state index contributed by atoms with van der Waals surface area (Å²) in [5.74, 6) is -2.41. The van der Waals surface area contributed by atoms with Crippen molar-refractivity contribution in [3.8, 4) is 0 Å². The number of likely N-dealkylation sites (tertiary alicyclic amines) is 1. The van der Waals surface area contributed by atoms with Gasteiger partial charge in [0.25, 0.3) is 0 Å². The topological polar surface area (TPSA) is 151 Å². The minimum Gasteiger partial charge on any atom is -0.381 e. The molecule has 1 aliphatic carbocycles. The molecule has 2 aliphatic heterocycles. The molecule has 3 aliphatic rings. The summed E-state index contributed by atoms with van der Waals surface area (Å²) in [4.78, 5) is 44.5. The van der Waals surface area contributed by atoms with Crippen LogP contribution in [0.5, 0.6) is 0 Å². The van der Waals surface area contributed by atoms with Crippen molar-refractivity contribution < 1.29 is 27.5 Å². The van der Waals surface area contributed by atoms with Gasteiger partial charge in [-0.3, -0.25) is 14.4 Å². The lowest BCUT2D eigenvalue weighted by Gasteiger charge is -2.33. The number of nitrogens with one attached hydrogen (secondary N) is 2. The van der Waals surface area contributed by atoms with Crippen molar-refractivity contribution in [2.75, 3.05) is 26.8 Å². The fraction of sp³-hybridized carbons (Fsp3) is 0.516. The number of amides is 3. The van der Waals surface area contributed by atoms with Gasteiger partial charge in [-0.05, 0) is 60.9 Å². The Labute approximate surface area is 263 Å². The molecule has 1 saturated carbocycles. The number of rotatable bonds is 11. The maximum atomic E-state index is 14.3. The normalized spacial score (nSPS) is 23.8. The minimum absolute atomic E-state index is 0.0272. The van der Waals surface area contributed by atoms with Crippen LogP contribution >= 0.6 is 11.6 Å². The number of benzene rings is 2. The first-order valence-corrected chi connectivity index (χ1v) is 17.0. The molecule has 2 saturated heterocycles. The Morgan fingerprint density at radius 3 is 2.52 bits per heavy atom. The van der Waals surface area contributed by atoms with Gasteiger partial charge in [0.1, 0.15) is 11.6 Å². The van der Waals surface area contributed by atoms with E-state index in [4.69, 9.17) is 22.1 Å². The Morgan fingerprint density at radius 2 is 1.82 bits per heavy atom. The zero-order valence-corrected chi connectivity index (χ0v) is 26.4. The van der Waals surface area contributed by atoms with E-state index in [1.54, 1.807) is 54.4 Å². The van der Waals surface area contributed by atoms with E-state index in [0.29, 0.717) is 49.5 Å². The average Bonchev–Trinajstić information content (AvgIpc) is 3.51. The molecule has 13 heteroatoms. The number of carbonyl (C=O) groups is 3. The van der Waals surface area contributed by atoms with Crippen LogP contribution in [0.15, 0.2) is 48.5 Å². The second-order valence-electron chi connectivity index (χ2n) is 11.9. The maximum absolute atomic E-state index is 14.3. The van der Waals surface area contributed by atoms with Gasteiger partial charge in [-0.2, -0.15) is 4.72 Å². The van der Waals surface area contributed by atoms with Crippen LogP contribution in [-0.2, 0) is 48.0 Å². The highest BCUT2D eigenvalue weighted by atomic mass is 35.5. The summed E-state index contributed by atoms with van der Waals surface area (Å²) < 4.78 is 35.0. The van der Waals surface area contributed by atoms with Crippen molar-refractivity contribution in [3.05, 3.63) is 70.2 Å². The molecule has 0 radical (unpaired) electrons. The Kier molecular flexibility index (Phi) is 9.96. The van der Waals surface area contributed by atoms with Gasteiger partial charge in [-0.25, -0.2) is 8.42 Å². The standard InChI is InChI=1S/C31H40ClN5O6S/c1-36(25-11-14-43-15-12-25)29(39)26-17-31(26,35-44(41,42)20-21-6-3-2-4-7-21)30(40)37-13-5-8-27(37)28(38)34-19-23-16-24(32)10-9-22(23)18-33/h2-4,6-7,9-10,16,25-27,35H,5,8,11-15,17-20,33H2,1H3,(H,34,38)/t26-,27+,31+/m1/s1. The highest BCUT2D eigenvalue weighted by molar-refractivity contribution is 7.88. The van der Waals surface area contributed by atoms with E-state index in [0.717, 1.165) is 11.1 Å². The number of hydrogen-bond acceptors (Lipinski definition) is 7. The summed E-state index contributed by atoms with van der Waals surface area (Å²) in [6.07, 6.45) is 2.36. The lowest BCUT2D eigenvalue weighted by atomic mass is 10.1. The van der Waals surface area contributed by atoms with Crippen molar-refractivity contribution in [1.29, 1.82) is 0 Å². The molecule has 5 rings (SSSR count). The van der Waals surface area contributed by atoms with Crippen LogP contribution in [-0.4, -0.2) is 80.4 Å².